The summed E-state index contributed by atoms with van der Waals surface area (Å²) >= 11 is 0. The monoisotopic (exact) mass is 298 g/mol. The molecule has 2 aromatic carbocycles. The Morgan fingerprint density at radius 2 is 1.59 bits per heavy atom. The van der Waals surface area contributed by atoms with Gasteiger partial charge in [-0.25, -0.2) is 0 Å². The predicted molar refractivity (Wildman–Crippen MR) is 84.0 cm³/mol. The molecule has 0 spiro atoms. The number of carbonyl (C=O) groups is 2. The number of aryl methyl sites for hydroxylation is 1. The van der Waals surface area contributed by atoms with Crippen molar-refractivity contribution in [2.24, 2.45) is 0 Å². The van der Waals surface area contributed by atoms with E-state index in [-0.39, 0.29) is 13.2 Å². The number of carbonyl (C=O) groups excluding carboxylic acids is 2. The molecule has 0 saturated carbocycles. The number of hydrogen-bond acceptors (Lipinski definition) is 3. The predicted octanol–water partition coefficient (Wildman–Crippen LogP) is 1.74. The zero-order valence-electron chi connectivity index (χ0n) is 12.3. The number of anilines is 1. The van der Waals surface area contributed by atoms with Gasteiger partial charge in [-0.1, -0.05) is 42.0 Å². The number of aliphatic hydroxyl groups excluding tert-OH is 1. The Balaban J connectivity index is 1.91. The van der Waals surface area contributed by atoms with E-state index in [1.54, 1.807) is 30.3 Å². The van der Waals surface area contributed by atoms with Gasteiger partial charge in [-0.05, 0) is 30.2 Å². The van der Waals surface area contributed by atoms with E-state index in [1.165, 1.54) is 0 Å². The zero-order valence-corrected chi connectivity index (χ0v) is 12.3. The van der Waals surface area contributed by atoms with Crippen LogP contribution in [0, 0.1) is 6.92 Å². The van der Waals surface area contributed by atoms with Crippen molar-refractivity contribution in [3.63, 3.8) is 0 Å². The normalized spacial score (nSPS) is 10.1. The van der Waals surface area contributed by atoms with Crippen molar-refractivity contribution < 1.29 is 14.7 Å². The molecule has 0 unspecified atom stereocenters. The molecule has 0 aliphatic rings. The molecule has 0 aliphatic heterocycles. The number of hydrogen-bond donors (Lipinski definition) is 3. The number of amides is 2. The number of rotatable bonds is 4. The van der Waals surface area contributed by atoms with Crippen molar-refractivity contribution >= 4 is 17.5 Å². The minimum atomic E-state index is -0.717. The van der Waals surface area contributed by atoms with Crippen molar-refractivity contribution in [1.82, 2.24) is 5.32 Å². The number of benzene rings is 2. The molecule has 0 atom stereocenters. The molecule has 2 amide bonds. The summed E-state index contributed by atoms with van der Waals surface area (Å²) in [4.78, 5) is 23.6. The van der Waals surface area contributed by atoms with Gasteiger partial charge in [0.15, 0.2) is 0 Å². The minimum absolute atomic E-state index is 0.110. The van der Waals surface area contributed by atoms with E-state index in [1.807, 2.05) is 25.1 Å². The maximum absolute atomic E-state index is 11.8. The van der Waals surface area contributed by atoms with Gasteiger partial charge in [0.2, 0.25) is 0 Å². The van der Waals surface area contributed by atoms with Gasteiger partial charge in [-0.3, -0.25) is 9.59 Å². The fraction of sp³-hybridized carbons (Fsp3) is 0.176. The molecule has 0 fully saturated rings. The first kappa shape index (κ1) is 15.7. The van der Waals surface area contributed by atoms with Gasteiger partial charge in [0.05, 0.1) is 6.61 Å². The Kier molecular flexibility index (Phi) is 5.27. The zero-order chi connectivity index (χ0) is 15.9. The Bertz CT molecular complexity index is 666. The maximum atomic E-state index is 11.8. The Hall–Kier alpha value is -2.66. The van der Waals surface area contributed by atoms with Crippen LogP contribution >= 0.6 is 0 Å². The molecule has 0 radical (unpaired) electrons. The van der Waals surface area contributed by atoms with Crippen LogP contribution in [-0.2, 0) is 22.7 Å². The molecule has 0 saturated heterocycles. The van der Waals surface area contributed by atoms with Gasteiger partial charge in [0.25, 0.3) is 0 Å². The molecule has 114 valence electrons. The molecular formula is C17H18N2O3. The van der Waals surface area contributed by atoms with Crippen LogP contribution in [0.25, 0.3) is 0 Å². The first-order valence-electron chi connectivity index (χ1n) is 6.93. The first-order chi connectivity index (χ1) is 10.6. The van der Waals surface area contributed by atoms with E-state index in [0.717, 1.165) is 16.7 Å². The number of nitrogens with one attached hydrogen (secondary N) is 2. The van der Waals surface area contributed by atoms with E-state index in [4.69, 9.17) is 0 Å². The Labute approximate surface area is 129 Å². The molecule has 0 aliphatic carbocycles. The Morgan fingerprint density at radius 1 is 0.955 bits per heavy atom. The largest absolute Gasteiger partial charge is 0.392 e. The summed E-state index contributed by atoms with van der Waals surface area (Å²) in [5, 5.41) is 14.3. The third-order valence-electron chi connectivity index (χ3n) is 3.24. The molecule has 5 heteroatoms. The highest BCUT2D eigenvalue weighted by Crippen LogP contribution is 2.09. The highest BCUT2D eigenvalue weighted by atomic mass is 16.3. The van der Waals surface area contributed by atoms with Crippen LogP contribution in [0.3, 0.4) is 0 Å². The van der Waals surface area contributed by atoms with Crippen LogP contribution in [0.2, 0.25) is 0 Å². The lowest BCUT2D eigenvalue weighted by Crippen LogP contribution is -2.35. The van der Waals surface area contributed by atoms with Gasteiger partial charge in [-0.2, -0.15) is 0 Å². The molecule has 3 N–H and O–H groups in total. The second-order valence-electron chi connectivity index (χ2n) is 4.93. The third-order valence-corrected chi connectivity index (χ3v) is 3.24. The second-order valence-corrected chi connectivity index (χ2v) is 4.93. The van der Waals surface area contributed by atoms with Crippen molar-refractivity contribution in [1.29, 1.82) is 0 Å². The van der Waals surface area contributed by atoms with E-state index in [9.17, 15) is 14.7 Å². The number of aliphatic hydroxyl groups is 1. The van der Waals surface area contributed by atoms with Gasteiger partial charge in [-0.15, -0.1) is 0 Å². The van der Waals surface area contributed by atoms with E-state index < -0.39 is 11.8 Å². The third kappa shape index (κ3) is 4.17. The average molecular weight is 298 g/mol. The molecule has 22 heavy (non-hydrogen) atoms. The standard InChI is InChI=1S/C17H18N2O3/c1-12-6-8-15(9-7-12)19-17(22)16(21)18-10-13-4-2-3-5-14(13)11-20/h2-9,20H,10-11H2,1H3,(H,18,21)(H,19,22). The summed E-state index contributed by atoms with van der Waals surface area (Å²) in [7, 11) is 0. The van der Waals surface area contributed by atoms with Crippen LogP contribution in [0.4, 0.5) is 5.69 Å². The van der Waals surface area contributed by atoms with Gasteiger partial charge < -0.3 is 15.7 Å². The van der Waals surface area contributed by atoms with E-state index in [2.05, 4.69) is 10.6 Å². The maximum Gasteiger partial charge on any atom is 0.313 e. The lowest BCUT2D eigenvalue weighted by molar-refractivity contribution is -0.136. The topological polar surface area (TPSA) is 78.4 Å². The minimum Gasteiger partial charge on any atom is -0.392 e. The summed E-state index contributed by atoms with van der Waals surface area (Å²) < 4.78 is 0. The van der Waals surface area contributed by atoms with E-state index in [0.29, 0.717) is 5.69 Å². The first-order valence-corrected chi connectivity index (χ1v) is 6.93. The average Bonchev–Trinajstić information content (AvgIpc) is 2.54. The molecule has 0 bridgehead atoms. The van der Waals surface area contributed by atoms with Crippen molar-refractivity contribution in [3.8, 4) is 0 Å². The molecular weight excluding hydrogens is 280 g/mol. The molecule has 0 aromatic heterocycles. The Morgan fingerprint density at radius 3 is 2.23 bits per heavy atom. The SMILES string of the molecule is Cc1ccc(NC(=O)C(=O)NCc2ccccc2CO)cc1. The van der Waals surface area contributed by atoms with Crippen LogP contribution in [0.1, 0.15) is 16.7 Å². The summed E-state index contributed by atoms with van der Waals surface area (Å²) in [5.41, 5.74) is 3.15. The lowest BCUT2D eigenvalue weighted by atomic mass is 10.1. The fourth-order valence-corrected chi connectivity index (χ4v) is 1.96. The fourth-order valence-electron chi connectivity index (χ4n) is 1.96. The van der Waals surface area contributed by atoms with Gasteiger partial charge >= 0.3 is 11.8 Å². The van der Waals surface area contributed by atoms with Crippen LogP contribution < -0.4 is 10.6 Å². The van der Waals surface area contributed by atoms with Gasteiger partial charge in [0.1, 0.15) is 0 Å². The molecule has 5 nitrogen and oxygen atoms in total. The van der Waals surface area contributed by atoms with Crippen molar-refractivity contribution in [2.45, 2.75) is 20.1 Å². The molecule has 2 rings (SSSR count). The quantitative estimate of drug-likeness (QED) is 0.752. The molecule has 0 heterocycles. The summed E-state index contributed by atoms with van der Waals surface area (Å²) in [5.74, 6) is -1.43. The van der Waals surface area contributed by atoms with Gasteiger partial charge in [0, 0.05) is 12.2 Å². The molecule has 2 aromatic rings. The van der Waals surface area contributed by atoms with Crippen LogP contribution in [0.5, 0.6) is 0 Å². The lowest BCUT2D eigenvalue weighted by Gasteiger charge is -2.09. The van der Waals surface area contributed by atoms with Crippen molar-refractivity contribution in [3.05, 3.63) is 65.2 Å². The highest BCUT2D eigenvalue weighted by Gasteiger charge is 2.13. The summed E-state index contributed by atoms with van der Waals surface area (Å²) in [6.45, 7) is 2.02. The van der Waals surface area contributed by atoms with Crippen LogP contribution in [0.15, 0.2) is 48.5 Å². The summed E-state index contributed by atoms with van der Waals surface area (Å²) in [6, 6.07) is 14.4. The van der Waals surface area contributed by atoms with E-state index >= 15 is 0 Å². The summed E-state index contributed by atoms with van der Waals surface area (Å²) in [6.07, 6.45) is 0. The second kappa shape index (κ2) is 7.38. The smallest absolute Gasteiger partial charge is 0.313 e. The van der Waals surface area contributed by atoms with Crippen molar-refractivity contribution in [2.75, 3.05) is 5.32 Å². The van der Waals surface area contributed by atoms with Crippen LogP contribution in [-0.4, -0.2) is 16.9 Å². The highest BCUT2D eigenvalue weighted by molar-refractivity contribution is 6.39.